The summed E-state index contributed by atoms with van der Waals surface area (Å²) < 4.78 is 5.59. The predicted octanol–water partition coefficient (Wildman–Crippen LogP) is 3.90. The summed E-state index contributed by atoms with van der Waals surface area (Å²) in [4.78, 5) is 39.9. The van der Waals surface area contributed by atoms with Gasteiger partial charge in [0.2, 0.25) is 6.10 Å². The number of likely N-dealkylation sites (N-methyl/N-ethyl adjacent to an activating group) is 1. The Kier molecular flexibility index (Phi) is 6.19. The van der Waals surface area contributed by atoms with Crippen molar-refractivity contribution in [2.45, 2.75) is 6.10 Å². The predicted molar refractivity (Wildman–Crippen MR) is 110 cm³/mol. The zero-order valence-corrected chi connectivity index (χ0v) is 16.2. The van der Waals surface area contributed by atoms with E-state index in [-0.39, 0.29) is 22.8 Å². The molecular weight excluding hydrogens is 366 g/mol. The molecular formula is C24H21NO4. The van der Waals surface area contributed by atoms with Crippen molar-refractivity contribution < 1.29 is 19.1 Å². The van der Waals surface area contributed by atoms with Gasteiger partial charge in [0.15, 0.2) is 5.78 Å². The number of hydrogen-bond acceptors (Lipinski definition) is 4. The Balaban J connectivity index is 1.94. The number of rotatable bonds is 6. The molecule has 0 saturated carbocycles. The molecule has 146 valence electrons. The highest BCUT2D eigenvalue weighted by atomic mass is 16.5. The minimum Gasteiger partial charge on any atom is -0.444 e. The van der Waals surface area contributed by atoms with Crippen molar-refractivity contribution in [2.75, 3.05) is 14.1 Å². The van der Waals surface area contributed by atoms with Gasteiger partial charge in [-0.05, 0) is 6.07 Å². The number of amides is 1. The van der Waals surface area contributed by atoms with E-state index in [1.54, 1.807) is 80.8 Å². The summed E-state index contributed by atoms with van der Waals surface area (Å²) in [7, 11) is 3.19. The molecule has 0 aliphatic heterocycles. The number of esters is 1. The van der Waals surface area contributed by atoms with Crippen LogP contribution in [-0.4, -0.2) is 36.7 Å². The van der Waals surface area contributed by atoms with Crippen LogP contribution < -0.4 is 0 Å². The van der Waals surface area contributed by atoms with Crippen LogP contribution in [0.1, 0.15) is 37.9 Å². The van der Waals surface area contributed by atoms with Crippen LogP contribution in [0.4, 0.5) is 0 Å². The maximum atomic E-state index is 13.0. The van der Waals surface area contributed by atoms with E-state index in [9.17, 15) is 14.4 Å². The molecule has 5 heteroatoms. The molecule has 0 N–H and O–H groups in total. The Morgan fingerprint density at radius 2 is 1.24 bits per heavy atom. The van der Waals surface area contributed by atoms with Gasteiger partial charge in [-0.1, -0.05) is 78.9 Å². The van der Waals surface area contributed by atoms with Crippen molar-refractivity contribution in [2.24, 2.45) is 0 Å². The lowest BCUT2D eigenvalue weighted by Crippen LogP contribution is -2.31. The van der Waals surface area contributed by atoms with Gasteiger partial charge in [0.1, 0.15) is 0 Å². The van der Waals surface area contributed by atoms with Crippen LogP contribution in [0.15, 0.2) is 84.9 Å². The van der Waals surface area contributed by atoms with E-state index in [2.05, 4.69) is 0 Å². The van der Waals surface area contributed by atoms with Crippen molar-refractivity contribution >= 4 is 17.7 Å². The summed E-state index contributed by atoms with van der Waals surface area (Å²) in [6.45, 7) is 0. The third kappa shape index (κ3) is 4.58. The van der Waals surface area contributed by atoms with Crippen LogP contribution in [0.2, 0.25) is 0 Å². The minimum atomic E-state index is -1.10. The molecule has 0 saturated heterocycles. The lowest BCUT2D eigenvalue weighted by molar-refractivity contribution is -0.138. The molecule has 1 amide bonds. The van der Waals surface area contributed by atoms with Gasteiger partial charge in [0, 0.05) is 30.8 Å². The second-order valence-electron chi connectivity index (χ2n) is 6.67. The highest BCUT2D eigenvalue weighted by Crippen LogP contribution is 2.23. The van der Waals surface area contributed by atoms with Gasteiger partial charge in [0.25, 0.3) is 5.91 Å². The summed E-state index contributed by atoms with van der Waals surface area (Å²) in [6.07, 6.45) is -1.10. The van der Waals surface area contributed by atoms with Gasteiger partial charge in [-0.3, -0.25) is 9.59 Å². The summed E-state index contributed by atoms with van der Waals surface area (Å²) in [5, 5.41) is 0. The number of ether oxygens (including phenoxy) is 1. The molecule has 0 aliphatic rings. The average Bonchev–Trinajstić information content (AvgIpc) is 2.77. The minimum absolute atomic E-state index is 0.119. The Labute approximate surface area is 169 Å². The molecule has 0 aliphatic carbocycles. The molecule has 5 nitrogen and oxygen atoms in total. The van der Waals surface area contributed by atoms with E-state index in [1.165, 1.54) is 11.0 Å². The second-order valence-corrected chi connectivity index (χ2v) is 6.67. The molecule has 0 spiro atoms. The van der Waals surface area contributed by atoms with Gasteiger partial charge in [-0.15, -0.1) is 0 Å². The monoisotopic (exact) mass is 387 g/mol. The second kappa shape index (κ2) is 8.97. The average molecular weight is 387 g/mol. The molecule has 3 aromatic carbocycles. The standard InChI is InChI=1S/C24H21NO4/c1-25(2)23(27)22(18-13-7-4-8-14-18)29-24(28)20-16-10-9-15-19(20)21(26)17-11-5-3-6-12-17/h3-16,22H,1-2H3. The highest BCUT2D eigenvalue weighted by molar-refractivity contribution is 6.14. The lowest BCUT2D eigenvalue weighted by atomic mass is 9.98. The maximum Gasteiger partial charge on any atom is 0.340 e. The van der Waals surface area contributed by atoms with E-state index in [0.717, 1.165) is 0 Å². The zero-order chi connectivity index (χ0) is 20.8. The van der Waals surface area contributed by atoms with Gasteiger partial charge in [-0.2, -0.15) is 0 Å². The quantitative estimate of drug-likeness (QED) is 0.475. The molecule has 3 aromatic rings. The Morgan fingerprint density at radius 3 is 1.83 bits per heavy atom. The number of hydrogen-bond donors (Lipinski definition) is 0. The highest BCUT2D eigenvalue weighted by Gasteiger charge is 2.28. The van der Waals surface area contributed by atoms with Gasteiger partial charge in [-0.25, -0.2) is 4.79 Å². The number of carbonyl (C=O) groups excluding carboxylic acids is 3. The number of benzene rings is 3. The normalized spacial score (nSPS) is 11.4. The molecule has 29 heavy (non-hydrogen) atoms. The lowest BCUT2D eigenvalue weighted by Gasteiger charge is -2.21. The Bertz CT molecular complexity index is 1010. The first-order valence-electron chi connectivity index (χ1n) is 9.15. The number of nitrogens with zero attached hydrogens (tertiary/aromatic N) is 1. The summed E-state index contributed by atoms with van der Waals surface area (Å²) in [5.74, 6) is -1.38. The number of carbonyl (C=O) groups is 3. The smallest absolute Gasteiger partial charge is 0.340 e. The van der Waals surface area contributed by atoms with Crippen LogP contribution in [0.25, 0.3) is 0 Å². The molecule has 0 aromatic heterocycles. The fourth-order valence-electron chi connectivity index (χ4n) is 2.90. The molecule has 0 fully saturated rings. The summed E-state index contributed by atoms with van der Waals surface area (Å²) in [5.41, 5.74) is 1.38. The van der Waals surface area contributed by atoms with E-state index in [4.69, 9.17) is 4.74 Å². The first kappa shape index (κ1) is 20.0. The third-order valence-corrected chi connectivity index (χ3v) is 4.42. The molecule has 1 atom stereocenters. The van der Waals surface area contributed by atoms with Gasteiger partial charge >= 0.3 is 5.97 Å². The first-order chi connectivity index (χ1) is 14.0. The van der Waals surface area contributed by atoms with E-state index < -0.39 is 12.1 Å². The van der Waals surface area contributed by atoms with Crippen molar-refractivity contribution in [1.82, 2.24) is 4.90 Å². The zero-order valence-electron chi connectivity index (χ0n) is 16.2. The molecule has 0 radical (unpaired) electrons. The first-order valence-corrected chi connectivity index (χ1v) is 9.15. The van der Waals surface area contributed by atoms with E-state index in [1.807, 2.05) is 12.1 Å². The maximum absolute atomic E-state index is 13.0. The topological polar surface area (TPSA) is 63.7 Å². The molecule has 0 bridgehead atoms. The Morgan fingerprint density at radius 1 is 0.724 bits per heavy atom. The summed E-state index contributed by atoms with van der Waals surface area (Å²) in [6, 6.07) is 24.0. The van der Waals surface area contributed by atoms with Crippen molar-refractivity contribution in [3.63, 3.8) is 0 Å². The van der Waals surface area contributed by atoms with E-state index in [0.29, 0.717) is 11.1 Å². The van der Waals surface area contributed by atoms with Crippen molar-refractivity contribution in [3.8, 4) is 0 Å². The molecule has 0 heterocycles. The molecule has 3 rings (SSSR count). The van der Waals surface area contributed by atoms with Crippen LogP contribution in [0, 0.1) is 0 Å². The van der Waals surface area contributed by atoms with Gasteiger partial charge in [0.05, 0.1) is 5.56 Å². The van der Waals surface area contributed by atoms with Crippen molar-refractivity contribution in [1.29, 1.82) is 0 Å². The van der Waals surface area contributed by atoms with Crippen LogP contribution in [0.5, 0.6) is 0 Å². The largest absolute Gasteiger partial charge is 0.444 e. The van der Waals surface area contributed by atoms with Crippen LogP contribution >= 0.6 is 0 Å². The summed E-state index contributed by atoms with van der Waals surface area (Å²) >= 11 is 0. The van der Waals surface area contributed by atoms with Crippen LogP contribution in [0.3, 0.4) is 0 Å². The fraction of sp³-hybridized carbons (Fsp3) is 0.125. The van der Waals surface area contributed by atoms with Gasteiger partial charge < -0.3 is 9.64 Å². The van der Waals surface area contributed by atoms with Crippen LogP contribution in [-0.2, 0) is 9.53 Å². The SMILES string of the molecule is CN(C)C(=O)C(OC(=O)c1ccccc1C(=O)c1ccccc1)c1ccccc1. The van der Waals surface area contributed by atoms with Crippen molar-refractivity contribution in [3.05, 3.63) is 107 Å². The third-order valence-electron chi connectivity index (χ3n) is 4.42. The molecule has 1 unspecified atom stereocenters. The number of ketones is 1. The Hall–Kier alpha value is -3.73. The van der Waals surface area contributed by atoms with E-state index >= 15 is 0 Å². The fourth-order valence-corrected chi connectivity index (χ4v) is 2.90.